The number of aliphatic imine (C=N–C) groups is 1. The van der Waals surface area contributed by atoms with Crippen LogP contribution in [0.25, 0.3) is 0 Å². The summed E-state index contributed by atoms with van der Waals surface area (Å²) in [6.07, 6.45) is 0. The lowest BCUT2D eigenvalue weighted by Crippen LogP contribution is -2.38. The summed E-state index contributed by atoms with van der Waals surface area (Å²) in [4.78, 5) is 16.8. The lowest BCUT2D eigenvalue weighted by Gasteiger charge is -2.13. The fraction of sp³-hybridized carbons (Fsp3) is 0.167. The molecular formula is C24H26N4O2. The number of phenols is 1. The third-order valence-corrected chi connectivity index (χ3v) is 4.41. The third kappa shape index (κ3) is 6.67. The molecule has 0 saturated carbocycles. The van der Waals surface area contributed by atoms with Crippen LogP contribution in [0.3, 0.4) is 0 Å². The topological polar surface area (TPSA) is 85.8 Å². The lowest BCUT2D eigenvalue weighted by atomic mass is 10.1. The minimum atomic E-state index is -0.189. The van der Waals surface area contributed by atoms with E-state index in [4.69, 9.17) is 0 Å². The Labute approximate surface area is 176 Å². The number of anilines is 1. The van der Waals surface area contributed by atoms with Crippen LogP contribution in [0.15, 0.2) is 83.9 Å². The molecule has 0 fully saturated rings. The fourth-order valence-electron chi connectivity index (χ4n) is 2.73. The molecule has 4 N–H and O–H groups in total. The van der Waals surface area contributed by atoms with Gasteiger partial charge in [0.15, 0.2) is 5.96 Å². The smallest absolute Gasteiger partial charge is 0.251 e. The van der Waals surface area contributed by atoms with Crippen LogP contribution in [0.1, 0.15) is 21.5 Å². The number of aromatic hydroxyl groups is 1. The van der Waals surface area contributed by atoms with Crippen LogP contribution in [-0.4, -0.2) is 30.1 Å². The molecule has 154 valence electrons. The molecular weight excluding hydrogens is 376 g/mol. The number of hydrogen-bond acceptors (Lipinski definition) is 3. The zero-order valence-corrected chi connectivity index (χ0v) is 16.9. The van der Waals surface area contributed by atoms with E-state index in [0.29, 0.717) is 31.2 Å². The van der Waals surface area contributed by atoms with Crippen LogP contribution in [0, 0.1) is 6.92 Å². The fourth-order valence-corrected chi connectivity index (χ4v) is 2.73. The number of phenolic OH excluding ortho intramolecular Hbond substituents is 1. The summed E-state index contributed by atoms with van der Waals surface area (Å²) in [6, 6.07) is 24.2. The van der Waals surface area contributed by atoms with E-state index in [1.807, 2.05) is 30.3 Å². The zero-order chi connectivity index (χ0) is 21.2. The molecule has 6 nitrogen and oxygen atoms in total. The van der Waals surface area contributed by atoms with Crippen LogP contribution in [0.2, 0.25) is 0 Å². The Kier molecular flexibility index (Phi) is 7.44. The maximum absolute atomic E-state index is 12.2. The van der Waals surface area contributed by atoms with Crippen molar-refractivity contribution in [3.63, 3.8) is 0 Å². The number of benzene rings is 3. The van der Waals surface area contributed by atoms with Crippen molar-refractivity contribution in [3.05, 3.63) is 95.6 Å². The summed E-state index contributed by atoms with van der Waals surface area (Å²) in [5.41, 5.74) is 3.77. The molecule has 0 aliphatic rings. The highest BCUT2D eigenvalue weighted by Gasteiger charge is 2.05. The molecule has 0 saturated heterocycles. The number of guanidine groups is 1. The van der Waals surface area contributed by atoms with Gasteiger partial charge in [0.05, 0.1) is 6.54 Å². The first-order valence-electron chi connectivity index (χ1n) is 9.83. The van der Waals surface area contributed by atoms with Gasteiger partial charge >= 0.3 is 0 Å². The van der Waals surface area contributed by atoms with Crippen molar-refractivity contribution < 1.29 is 9.90 Å². The monoisotopic (exact) mass is 402 g/mol. The quantitative estimate of drug-likeness (QED) is 0.276. The Morgan fingerprint density at radius 1 is 0.867 bits per heavy atom. The summed E-state index contributed by atoms with van der Waals surface area (Å²) < 4.78 is 0. The summed E-state index contributed by atoms with van der Waals surface area (Å²) in [7, 11) is 0. The van der Waals surface area contributed by atoms with Gasteiger partial charge in [0.1, 0.15) is 5.75 Å². The normalized spacial score (nSPS) is 11.0. The molecule has 3 rings (SSSR count). The second-order valence-corrected chi connectivity index (χ2v) is 6.87. The van der Waals surface area contributed by atoms with Gasteiger partial charge in [-0.15, -0.1) is 0 Å². The number of nitrogens with zero attached hydrogens (tertiary/aromatic N) is 1. The first kappa shape index (κ1) is 20.9. The van der Waals surface area contributed by atoms with Crippen LogP contribution >= 0.6 is 0 Å². The zero-order valence-electron chi connectivity index (χ0n) is 16.9. The van der Waals surface area contributed by atoms with E-state index >= 15 is 0 Å². The Morgan fingerprint density at radius 2 is 1.53 bits per heavy atom. The van der Waals surface area contributed by atoms with Crippen molar-refractivity contribution in [2.75, 3.05) is 18.4 Å². The van der Waals surface area contributed by atoms with Gasteiger partial charge < -0.3 is 21.1 Å². The largest absolute Gasteiger partial charge is 0.508 e. The second-order valence-electron chi connectivity index (χ2n) is 6.87. The molecule has 0 radical (unpaired) electrons. The first-order valence-corrected chi connectivity index (χ1v) is 9.83. The van der Waals surface area contributed by atoms with E-state index in [-0.39, 0.29) is 11.7 Å². The average Bonchev–Trinajstić information content (AvgIpc) is 2.77. The molecule has 0 spiro atoms. The van der Waals surface area contributed by atoms with Crippen molar-refractivity contribution in [1.82, 2.24) is 10.6 Å². The number of nitrogens with one attached hydrogen (secondary N) is 3. The van der Waals surface area contributed by atoms with Crippen molar-refractivity contribution in [1.29, 1.82) is 0 Å². The van der Waals surface area contributed by atoms with E-state index in [1.54, 1.807) is 12.1 Å². The molecule has 6 heteroatoms. The molecule has 3 aromatic rings. The Balaban J connectivity index is 1.56. The van der Waals surface area contributed by atoms with Gasteiger partial charge in [-0.05, 0) is 48.9 Å². The maximum atomic E-state index is 12.2. The standard InChI is InChI=1S/C24H26N4O2/c1-18-7-9-19(10-8-18)17-27-24(28-21-5-3-2-4-6-21)26-16-15-25-23(30)20-11-13-22(29)14-12-20/h2-14,29H,15-17H2,1H3,(H,25,30)(H2,26,27,28). The van der Waals surface area contributed by atoms with Crippen LogP contribution in [-0.2, 0) is 6.54 Å². The molecule has 0 aromatic heterocycles. The van der Waals surface area contributed by atoms with Gasteiger partial charge in [0, 0.05) is 24.3 Å². The molecule has 0 bridgehead atoms. The molecule has 30 heavy (non-hydrogen) atoms. The SMILES string of the molecule is Cc1ccc(CN=C(NCCNC(=O)c2ccc(O)cc2)Nc2ccccc2)cc1. The number of hydrogen-bond donors (Lipinski definition) is 4. The van der Waals surface area contributed by atoms with Gasteiger partial charge in [-0.3, -0.25) is 4.79 Å². The summed E-state index contributed by atoms with van der Waals surface area (Å²) >= 11 is 0. The highest BCUT2D eigenvalue weighted by atomic mass is 16.3. The van der Waals surface area contributed by atoms with Gasteiger partial charge in [0.25, 0.3) is 5.91 Å². The number of rotatable bonds is 7. The third-order valence-electron chi connectivity index (χ3n) is 4.41. The Morgan fingerprint density at radius 3 is 2.23 bits per heavy atom. The van der Waals surface area contributed by atoms with Gasteiger partial charge in [-0.2, -0.15) is 0 Å². The number of carbonyl (C=O) groups is 1. The molecule has 3 aromatic carbocycles. The molecule has 0 aliphatic carbocycles. The highest BCUT2D eigenvalue weighted by Crippen LogP contribution is 2.09. The van der Waals surface area contributed by atoms with Crippen molar-refractivity contribution in [2.24, 2.45) is 4.99 Å². The summed E-state index contributed by atoms with van der Waals surface area (Å²) in [6.45, 7) is 3.54. The number of para-hydroxylation sites is 1. The predicted octanol–water partition coefficient (Wildman–Crippen LogP) is 3.69. The average molecular weight is 402 g/mol. The molecule has 0 unspecified atom stereocenters. The van der Waals surface area contributed by atoms with E-state index in [9.17, 15) is 9.90 Å². The van der Waals surface area contributed by atoms with Gasteiger partial charge in [-0.25, -0.2) is 4.99 Å². The highest BCUT2D eigenvalue weighted by molar-refractivity contribution is 5.95. The van der Waals surface area contributed by atoms with Crippen molar-refractivity contribution in [3.8, 4) is 5.75 Å². The summed E-state index contributed by atoms with van der Waals surface area (Å²) in [5.74, 6) is 0.584. The number of amides is 1. The van der Waals surface area contributed by atoms with Gasteiger partial charge in [0.2, 0.25) is 0 Å². The van der Waals surface area contributed by atoms with Crippen molar-refractivity contribution >= 4 is 17.6 Å². The van der Waals surface area contributed by atoms with E-state index in [1.165, 1.54) is 17.7 Å². The minimum absolute atomic E-state index is 0.134. The second kappa shape index (κ2) is 10.7. The molecule has 0 heterocycles. The van der Waals surface area contributed by atoms with E-state index in [2.05, 4.69) is 52.1 Å². The van der Waals surface area contributed by atoms with Gasteiger partial charge in [-0.1, -0.05) is 48.0 Å². The molecule has 0 aliphatic heterocycles. The number of carbonyl (C=O) groups excluding carboxylic acids is 1. The Bertz CT molecular complexity index is 968. The molecule has 1 amide bonds. The van der Waals surface area contributed by atoms with Crippen LogP contribution < -0.4 is 16.0 Å². The first-order chi connectivity index (χ1) is 14.6. The summed E-state index contributed by atoms with van der Waals surface area (Å²) in [5, 5.41) is 18.7. The van der Waals surface area contributed by atoms with Crippen LogP contribution in [0.4, 0.5) is 5.69 Å². The molecule has 0 atom stereocenters. The van der Waals surface area contributed by atoms with Crippen molar-refractivity contribution in [2.45, 2.75) is 13.5 Å². The maximum Gasteiger partial charge on any atom is 0.251 e. The number of aryl methyl sites for hydroxylation is 1. The lowest BCUT2D eigenvalue weighted by molar-refractivity contribution is 0.0954. The van der Waals surface area contributed by atoms with E-state index < -0.39 is 0 Å². The van der Waals surface area contributed by atoms with E-state index in [0.717, 1.165) is 11.3 Å². The predicted molar refractivity (Wildman–Crippen MR) is 121 cm³/mol. The van der Waals surface area contributed by atoms with Crippen LogP contribution in [0.5, 0.6) is 5.75 Å². The Hall–Kier alpha value is -3.80. The minimum Gasteiger partial charge on any atom is -0.508 e.